The predicted molar refractivity (Wildman–Crippen MR) is 95.2 cm³/mol. The molecule has 2 unspecified atom stereocenters. The highest BCUT2D eigenvalue weighted by molar-refractivity contribution is 7.09. The Bertz CT molecular complexity index is 662. The molecule has 2 heterocycles. The molecule has 1 aliphatic rings. The van der Waals surface area contributed by atoms with Crippen LogP contribution in [0.5, 0.6) is 0 Å². The van der Waals surface area contributed by atoms with E-state index >= 15 is 0 Å². The minimum absolute atomic E-state index is 0.0676. The second-order valence-electron chi connectivity index (χ2n) is 6.24. The van der Waals surface area contributed by atoms with E-state index in [4.69, 9.17) is 4.74 Å². The van der Waals surface area contributed by atoms with Crippen LogP contribution in [0.2, 0.25) is 0 Å². The van der Waals surface area contributed by atoms with Crippen LogP contribution < -0.4 is 5.32 Å². The highest BCUT2D eigenvalue weighted by Gasteiger charge is 2.33. The molecule has 2 amide bonds. The van der Waals surface area contributed by atoms with Gasteiger partial charge in [0.05, 0.1) is 18.8 Å². The lowest BCUT2D eigenvalue weighted by molar-refractivity contribution is -0.0873. The number of aromatic nitrogens is 1. The zero-order valence-electron chi connectivity index (χ0n) is 14.1. The van der Waals surface area contributed by atoms with E-state index in [9.17, 15) is 4.79 Å². The number of carbonyl (C=O) groups excluding carboxylic acids is 1. The lowest BCUT2D eigenvalue weighted by Crippen LogP contribution is -2.54. The normalized spacial score (nSPS) is 22.2. The van der Waals surface area contributed by atoms with E-state index in [0.717, 1.165) is 17.0 Å². The van der Waals surface area contributed by atoms with Crippen LogP contribution in [0.25, 0.3) is 0 Å². The first-order chi connectivity index (χ1) is 11.6. The molecule has 1 fully saturated rings. The standard InChI is InChI=1S/C18H23N3O2S/c1-3-18(2)13-21(10-11-23-18)17(22)20-15(16-19-9-12-24-16)14-7-5-4-6-8-14/h4-9,12,15H,3,10-11,13H2,1-2H3,(H,20,22). The van der Waals surface area contributed by atoms with E-state index in [-0.39, 0.29) is 17.7 Å². The molecule has 3 rings (SSSR count). The van der Waals surface area contributed by atoms with Gasteiger partial charge >= 0.3 is 6.03 Å². The Labute approximate surface area is 146 Å². The first kappa shape index (κ1) is 16.9. The topological polar surface area (TPSA) is 54.5 Å². The Kier molecular flexibility index (Phi) is 5.16. The van der Waals surface area contributed by atoms with Crippen LogP contribution >= 0.6 is 11.3 Å². The summed E-state index contributed by atoms with van der Waals surface area (Å²) in [4.78, 5) is 19.1. The van der Waals surface area contributed by atoms with Crippen molar-refractivity contribution < 1.29 is 9.53 Å². The van der Waals surface area contributed by atoms with Crippen LogP contribution in [0.4, 0.5) is 4.79 Å². The second kappa shape index (κ2) is 7.32. The van der Waals surface area contributed by atoms with Gasteiger partial charge in [-0.2, -0.15) is 0 Å². The lowest BCUT2D eigenvalue weighted by atomic mass is 10.0. The summed E-state index contributed by atoms with van der Waals surface area (Å²) in [5.41, 5.74) is 0.770. The molecule has 2 atom stereocenters. The van der Waals surface area contributed by atoms with Crippen molar-refractivity contribution in [3.8, 4) is 0 Å². The number of ether oxygens (including phenoxy) is 1. The fraction of sp³-hybridized carbons (Fsp3) is 0.444. The number of hydrogen-bond donors (Lipinski definition) is 1. The Morgan fingerprint density at radius 1 is 1.46 bits per heavy atom. The summed E-state index contributed by atoms with van der Waals surface area (Å²) < 4.78 is 5.82. The summed E-state index contributed by atoms with van der Waals surface area (Å²) in [5, 5.41) is 5.97. The molecule has 5 nitrogen and oxygen atoms in total. The molecule has 0 saturated carbocycles. The van der Waals surface area contributed by atoms with Crippen LogP contribution in [0, 0.1) is 0 Å². The molecule has 6 heteroatoms. The molecule has 2 aromatic rings. The molecule has 128 valence electrons. The van der Waals surface area contributed by atoms with Crippen molar-refractivity contribution in [2.45, 2.75) is 31.9 Å². The predicted octanol–water partition coefficient (Wildman–Crippen LogP) is 3.44. The van der Waals surface area contributed by atoms with Gasteiger partial charge in [0.25, 0.3) is 0 Å². The summed E-state index contributed by atoms with van der Waals surface area (Å²) >= 11 is 1.55. The number of hydrogen-bond acceptors (Lipinski definition) is 4. The van der Waals surface area contributed by atoms with E-state index in [0.29, 0.717) is 19.7 Å². The minimum atomic E-state index is -0.265. The molecule has 1 aromatic heterocycles. The lowest BCUT2D eigenvalue weighted by Gasteiger charge is -2.40. The average Bonchev–Trinajstić information content (AvgIpc) is 3.14. The van der Waals surface area contributed by atoms with Crippen LogP contribution in [0.1, 0.15) is 36.9 Å². The van der Waals surface area contributed by atoms with Crippen LogP contribution in [0.3, 0.4) is 0 Å². The van der Waals surface area contributed by atoms with Crippen LogP contribution in [0.15, 0.2) is 41.9 Å². The van der Waals surface area contributed by atoms with Gasteiger partial charge in [0.15, 0.2) is 0 Å². The number of amides is 2. The maximum absolute atomic E-state index is 12.8. The third kappa shape index (κ3) is 3.76. The first-order valence-corrected chi connectivity index (χ1v) is 9.13. The van der Waals surface area contributed by atoms with E-state index < -0.39 is 0 Å². The smallest absolute Gasteiger partial charge is 0.318 e. The molecule has 0 radical (unpaired) electrons. The Morgan fingerprint density at radius 2 is 2.25 bits per heavy atom. The summed E-state index contributed by atoms with van der Waals surface area (Å²) in [5.74, 6) is 0. The van der Waals surface area contributed by atoms with Crippen molar-refractivity contribution in [3.05, 3.63) is 52.5 Å². The van der Waals surface area contributed by atoms with E-state index in [1.54, 1.807) is 17.5 Å². The summed E-state index contributed by atoms with van der Waals surface area (Å²) in [6.07, 6.45) is 2.65. The molecule has 1 saturated heterocycles. The van der Waals surface area contributed by atoms with E-state index in [2.05, 4.69) is 24.1 Å². The van der Waals surface area contributed by atoms with Crippen molar-refractivity contribution in [1.29, 1.82) is 0 Å². The molecule has 1 aliphatic heterocycles. The molecule has 0 spiro atoms. The summed E-state index contributed by atoms with van der Waals surface area (Å²) in [6, 6.07) is 9.66. The first-order valence-electron chi connectivity index (χ1n) is 8.25. The molecule has 0 aliphatic carbocycles. The zero-order valence-corrected chi connectivity index (χ0v) is 14.9. The summed E-state index contributed by atoms with van der Waals surface area (Å²) in [6.45, 7) is 5.94. The van der Waals surface area contributed by atoms with Crippen molar-refractivity contribution in [2.75, 3.05) is 19.7 Å². The zero-order chi connectivity index (χ0) is 17.0. The van der Waals surface area contributed by atoms with Gasteiger partial charge in [-0.3, -0.25) is 0 Å². The third-order valence-electron chi connectivity index (χ3n) is 4.47. The maximum Gasteiger partial charge on any atom is 0.318 e. The summed E-state index contributed by atoms with van der Waals surface area (Å²) in [7, 11) is 0. The molecule has 1 aromatic carbocycles. The number of nitrogens with one attached hydrogen (secondary N) is 1. The number of morpholine rings is 1. The minimum Gasteiger partial charge on any atom is -0.372 e. The van der Waals surface area contributed by atoms with Gasteiger partial charge in [-0.1, -0.05) is 37.3 Å². The molecular formula is C18H23N3O2S. The van der Waals surface area contributed by atoms with Crippen LogP contribution in [-0.2, 0) is 4.74 Å². The van der Waals surface area contributed by atoms with Crippen molar-refractivity contribution in [2.24, 2.45) is 0 Å². The fourth-order valence-electron chi connectivity index (χ4n) is 2.84. The Hall–Kier alpha value is -1.92. The van der Waals surface area contributed by atoms with Crippen molar-refractivity contribution in [1.82, 2.24) is 15.2 Å². The van der Waals surface area contributed by atoms with Crippen molar-refractivity contribution in [3.63, 3.8) is 0 Å². The molecule has 1 N–H and O–H groups in total. The van der Waals surface area contributed by atoms with Gasteiger partial charge < -0.3 is 15.0 Å². The average molecular weight is 345 g/mol. The number of nitrogens with zero attached hydrogens (tertiary/aromatic N) is 2. The largest absolute Gasteiger partial charge is 0.372 e. The molecular weight excluding hydrogens is 322 g/mol. The Balaban J connectivity index is 1.77. The van der Waals surface area contributed by atoms with Gasteiger partial charge in [-0.25, -0.2) is 9.78 Å². The quantitative estimate of drug-likeness (QED) is 0.923. The highest BCUT2D eigenvalue weighted by Crippen LogP contribution is 2.25. The maximum atomic E-state index is 12.8. The fourth-order valence-corrected chi connectivity index (χ4v) is 3.56. The van der Waals surface area contributed by atoms with Gasteiger partial charge in [-0.15, -0.1) is 11.3 Å². The number of urea groups is 1. The molecule has 24 heavy (non-hydrogen) atoms. The SMILES string of the molecule is CCC1(C)CN(C(=O)NC(c2ccccc2)c2nccs2)CCO1. The Morgan fingerprint density at radius 3 is 2.92 bits per heavy atom. The van der Waals surface area contributed by atoms with E-state index in [1.165, 1.54) is 0 Å². The van der Waals surface area contributed by atoms with Crippen molar-refractivity contribution >= 4 is 17.4 Å². The third-order valence-corrected chi connectivity index (χ3v) is 5.31. The highest BCUT2D eigenvalue weighted by atomic mass is 32.1. The molecule has 0 bridgehead atoms. The van der Waals surface area contributed by atoms with Gasteiger partial charge in [0.1, 0.15) is 11.0 Å². The number of rotatable bonds is 4. The number of thiazole rings is 1. The van der Waals surface area contributed by atoms with Gasteiger partial charge in [0, 0.05) is 18.1 Å². The second-order valence-corrected chi connectivity index (χ2v) is 7.16. The van der Waals surface area contributed by atoms with Crippen LogP contribution in [-0.4, -0.2) is 41.2 Å². The van der Waals surface area contributed by atoms with Gasteiger partial charge in [-0.05, 0) is 18.9 Å². The number of carbonyl (C=O) groups is 1. The van der Waals surface area contributed by atoms with Gasteiger partial charge in [0.2, 0.25) is 0 Å². The number of benzene rings is 1. The van der Waals surface area contributed by atoms with E-state index in [1.807, 2.05) is 40.6 Å². The monoisotopic (exact) mass is 345 g/mol.